The lowest BCUT2D eigenvalue weighted by Crippen LogP contribution is -2.53. The first-order valence-corrected chi connectivity index (χ1v) is 14.2. The van der Waals surface area contributed by atoms with Crippen LogP contribution in [0.1, 0.15) is 89.7 Å². The van der Waals surface area contributed by atoms with Crippen LogP contribution in [0.5, 0.6) is 5.75 Å². The molecule has 0 heterocycles. The van der Waals surface area contributed by atoms with E-state index in [1.807, 2.05) is 12.1 Å². The maximum absolute atomic E-state index is 13.3. The molecule has 0 aromatic heterocycles. The minimum Gasteiger partial charge on any atom is -0.487 e. The Morgan fingerprint density at radius 2 is 1.50 bits per heavy atom. The van der Waals surface area contributed by atoms with Crippen molar-refractivity contribution in [2.45, 2.75) is 104 Å². The van der Waals surface area contributed by atoms with E-state index in [0.29, 0.717) is 4.48 Å². The van der Waals surface area contributed by atoms with Crippen LogP contribution in [0, 0.1) is 0 Å². The van der Waals surface area contributed by atoms with Crippen molar-refractivity contribution in [1.82, 2.24) is 0 Å². The van der Waals surface area contributed by atoms with Crippen LogP contribution in [0.3, 0.4) is 0 Å². The molecule has 2 rings (SSSR count). The van der Waals surface area contributed by atoms with Crippen LogP contribution in [0.15, 0.2) is 54.6 Å². The Balaban J connectivity index is 1.94. The van der Waals surface area contributed by atoms with Crippen LogP contribution >= 0.6 is 0 Å². The number of nitrogens with zero attached hydrogens (tertiary/aromatic N) is 1. The smallest absolute Gasteiger partial charge is 0.365 e. The monoisotopic (exact) mass is 496 g/mol. The number of aryl methyl sites for hydroxylation is 1. The van der Waals surface area contributed by atoms with Gasteiger partial charge in [0.2, 0.25) is 0 Å². The van der Waals surface area contributed by atoms with Gasteiger partial charge < -0.3 is 14.0 Å². The first-order valence-electron chi connectivity index (χ1n) is 14.2. The van der Waals surface area contributed by atoms with Crippen LogP contribution in [0.25, 0.3) is 0 Å². The number of carbonyl (C=O) groups is 1. The molecule has 0 bridgehead atoms. The number of hydrogen-bond donors (Lipinski definition) is 0. The summed E-state index contributed by atoms with van der Waals surface area (Å²) in [5.74, 6) is 0.805. The molecule has 0 fully saturated rings. The number of likely N-dealkylation sites (N-methyl/N-ethyl adjacent to an activating group) is 1. The molecule has 0 aliphatic heterocycles. The van der Waals surface area contributed by atoms with Gasteiger partial charge >= 0.3 is 5.97 Å². The second kappa shape index (κ2) is 16.4. The summed E-state index contributed by atoms with van der Waals surface area (Å²) < 4.78 is 12.9. The average Bonchev–Trinajstić information content (AvgIpc) is 2.87. The molecule has 4 heteroatoms. The first kappa shape index (κ1) is 29.9. The van der Waals surface area contributed by atoms with E-state index >= 15 is 0 Å². The molecule has 0 amide bonds. The zero-order valence-electron chi connectivity index (χ0n) is 23.5. The van der Waals surface area contributed by atoms with Gasteiger partial charge in [0.15, 0.2) is 6.04 Å². The van der Waals surface area contributed by atoms with E-state index in [-0.39, 0.29) is 24.7 Å². The Kier molecular flexibility index (Phi) is 13.6. The fourth-order valence-electron chi connectivity index (χ4n) is 4.80. The molecule has 0 N–H and O–H groups in total. The predicted molar refractivity (Wildman–Crippen MR) is 150 cm³/mol. The third-order valence-electron chi connectivity index (χ3n) is 7.04. The lowest BCUT2D eigenvalue weighted by molar-refractivity contribution is -0.920. The van der Waals surface area contributed by atoms with Gasteiger partial charge in [0.05, 0.1) is 14.1 Å². The van der Waals surface area contributed by atoms with Crippen LogP contribution in [-0.2, 0) is 22.5 Å². The number of para-hydroxylation sites is 1. The molecule has 0 aliphatic rings. The summed E-state index contributed by atoms with van der Waals surface area (Å²) in [6.45, 7) is 7.55. The summed E-state index contributed by atoms with van der Waals surface area (Å²) >= 11 is 0. The molecule has 0 saturated carbocycles. The normalized spacial score (nSPS) is 13.2. The fourth-order valence-corrected chi connectivity index (χ4v) is 4.80. The van der Waals surface area contributed by atoms with Gasteiger partial charge in [0, 0.05) is 12.0 Å². The van der Waals surface area contributed by atoms with Crippen LogP contribution in [-0.4, -0.2) is 43.3 Å². The molecule has 0 radical (unpaired) electrons. The van der Waals surface area contributed by atoms with Gasteiger partial charge in [0.1, 0.15) is 25.0 Å². The molecule has 2 aromatic carbocycles. The molecule has 200 valence electrons. The van der Waals surface area contributed by atoms with Crippen LogP contribution in [0.2, 0.25) is 0 Å². The maximum atomic E-state index is 13.3. The SMILES string of the molecule is CCCCCCCCc1ccccc1OC(CC)COC(=O)C(CCC)[N+](C)(C)Cc1ccccc1. The summed E-state index contributed by atoms with van der Waals surface area (Å²) in [6.07, 6.45) is 11.1. The van der Waals surface area contributed by atoms with Gasteiger partial charge in [-0.2, -0.15) is 0 Å². The maximum Gasteiger partial charge on any atom is 0.365 e. The van der Waals surface area contributed by atoms with Gasteiger partial charge in [-0.05, 0) is 37.3 Å². The standard InChI is InChI=1S/C32H50NO3/c1-6-9-10-11-12-16-22-28-23-17-18-24-31(28)36-29(8-3)26-35-32(34)30(19-7-2)33(4,5)25-27-20-14-13-15-21-27/h13-15,17-18,20-21,23-24,29-30H,6-12,16,19,22,25-26H2,1-5H3/q+1. The second-order valence-electron chi connectivity index (χ2n) is 10.6. The predicted octanol–water partition coefficient (Wildman–Crippen LogP) is 7.74. The Bertz CT molecular complexity index is 865. The summed E-state index contributed by atoms with van der Waals surface area (Å²) in [5, 5.41) is 0. The molecule has 0 spiro atoms. The van der Waals surface area contributed by atoms with Gasteiger partial charge in [0.25, 0.3) is 0 Å². The highest BCUT2D eigenvalue weighted by Crippen LogP contribution is 2.24. The average molecular weight is 497 g/mol. The Morgan fingerprint density at radius 3 is 2.19 bits per heavy atom. The lowest BCUT2D eigenvalue weighted by atomic mass is 10.0. The molecule has 0 saturated heterocycles. The van der Waals surface area contributed by atoms with Crippen molar-refractivity contribution in [2.75, 3.05) is 20.7 Å². The van der Waals surface area contributed by atoms with E-state index < -0.39 is 0 Å². The van der Waals surface area contributed by atoms with Gasteiger partial charge in [-0.15, -0.1) is 0 Å². The van der Waals surface area contributed by atoms with E-state index in [9.17, 15) is 4.79 Å². The highest BCUT2D eigenvalue weighted by Gasteiger charge is 2.36. The molecule has 2 aromatic rings. The van der Waals surface area contributed by atoms with Gasteiger partial charge in [-0.25, -0.2) is 4.79 Å². The van der Waals surface area contributed by atoms with Crippen molar-refractivity contribution >= 4 is 5.97 Å². The summed E-state index contributed by atoms with van der Waals surface area (Å²) in [4.78, 5) is 13.3. The topological polar surface area (TPSA) is 35.5 Å². The third-order valence-corrected chi connectivity index (χ3v) is 7.04. The van der Waals surface area contributed by atoms with E-state index in [1.54, 1.807) is 0 Å². The largest absolute Gasteiger partial charge is 0.487 e. The fraction of sp³-hybridized carbons (Fsp3) is 0.594. The Hall–Kier alpha value is -2.33. The number of rotatable bonds is 18. The van der Waals surface area contributed by atoms with E-state index in [2.05, 4.69) is 77.3 Å². The minimum atomic E-state index is -0.201. The van der Waals surface area contributed by atoms with E-state index in [1.165, 1.54) is 49.7 Å². The second-order valence-corrected chi connectivity index (χ2v) is 10.6. The molecule has 2 atom stereocenters. The summed E-state index contributed by atoms with van der Waals surface area (Å²) in [6, 6.07) is 18.5. The number of quaternary nitrogens is 1. The van der Waals surface area contributed by atoms with Crippen LogP contribution in [0.4, 0.5) is 0 Å². The van der Waals surface area contributed by atoms with Crippen molar-refractivity contribution in [1.29, 1.82) is 0 Å². The Labute approximate surface area is 220 Å². The van der Waals surface area contributed by atoms with Gasteiger partial charge in [-0.1, -0.05) is 101 Å². The van der Waals surface area contributed by atoms with E-state index in [4.69, 9.17) is 9.47 Å². The molecule has 0 aliphatic carbocycles. The van der Waals surface area contributed by atoms with Crippen molar-refractivity contribution in [3.63, 3.8) is 0 Å². The van der Waals surface area contributed by atoms with Crippen molar-refractivity contribution in [3.8, 4) is 5.75 Å². The summed E-state index contributed by atoms with van der Waals surface area (Å²) in [5.41, 5.74) is 2.48. The number of esters is 1. The van der Waals surface area contributed by atoms with Crippen molar-refractivity contribution in [3.05, 3.63) is 65.7 Å². The van der Waals surface area contributed by atoms with Gasteiger partial charge in [-0.3, -0.25) is 0 Å². The molecule has 36 heavy (non-hydrogen) atoms. The first-order chi connectivity index (χ1) is 17.4. The number of unbranched alkanes of at least 4 members (excludes halogenated alkanes) is 5. The molecule has 2 unspecified atom stereocenters. The number of hydrogen-bond acceptors (Lipinski definition) is 3. The van der Waals surface area contributed by atoms with Crippen molar-refractivity contribution < 1.29 is 18.8 Å². The number of ether oxygens (including phenoxy) is 2. The molecule has 4 nitrogen and oxygen atoms in total. The highest BCUT2D eigenvalue weighted by atomic mass is 16.6. The molecular weight excluding hydrogens is 446 g/mol. The third kappa shape index (κ3) is 10.3. The zero-order valence-corrected chi connectivity index (χ0v) is 23.5. The lowest BCUT2D eigenvalue weighted by Gasteiger charge is -2.36. The van der Waals surface area contributed by atoms with Crippen molar-refractivity contribution in [2.24, 2.45) is 0 Å². The molecular formula is C32H50NO3+. The van der Waals surface area contributed by atoms with E-state index in [0.717, 1.165) is 38.0 Å². The van der Waals surface area contributed by atoms with Crippen LogP contribution < -0.4 is 4.74 Å². The quantitative estimate of drug-likeness (QED) is 0.120. The highest BCUT2D eigenvalue weighted by molar-refractivity contribution is 5.74. The zero-order chi connectivity index (χ0) is 26.2. The number of carbonyl (C=O) groups excluding carboxylic acids is 1. The summed E-state index contributed by atoms with van der Waals surface area (Å²) in [7, 11) is 4.25. The number of benzene rings is 2. The minimum absolute atomic E-state index is 0.125. The Morgan fingerprint density at radius 1 is 0.833 bits per heavy atom.